The molecule has 9 nitrogen and oxygen atoms in total. The Morgan fingerprint density at radius 3 is 2.84 bits per heavy atom. The number of methoxy groups -OCH3 is 1. The number of unbranched alkanes of at least 4 members (excludes halogenated alkanes) is 2. The van der Waals surface area contributed by atoms with Gasteiger partial charge >= 0.3 is 5.97 Å². The Morgan fingerprint density at radius 1 is 1.13 bits per heavy atom. The molecule has 0 radical (unpaired) electrons. The van der Waals surface area contributed by atoms with Gasteiger partial charge in [0.1, 0.15) is 11.9 Å². The number of carbonyl (C=O) groups excluding carboxylic acids is 2. The van der Waals surface area contributed by atoms with E-state index in [1.807, 2.05) is 0 Å². The van der Waals surface area contributed by atoms with Crippen molar-refractivity contribution >= 4 is 29.2 Å². The number of nitrogen functional groups attached to an aromatic ring is 1. The van der Waals surface area contributed by atoms with E-state index in [2.05, 4.69) is 15.1 Å². The van der Waals surface area contributed by atoms with E-state index in [-0.39, 0.29) is 24.1 Å². The van der Waals surface area contributed by atoms with Crippen molar-refractivity contribution in [3.8, 4) is 5.75 Å². The minimum atomic E-state index is -0.277. The summed E-state index contributed by atoms with van der Waals surface area (Å²) in [6, 6.07) is 3.07. The highest BCUT2D eigenvalue weighted by atomic mass is 35.5. The van der Waals surface area contributed by atoms with Crippen LogP contribution in [0.25, 0.3) is 0 Å². The van der Waals surface area contributed by atoms with E-state index in [4.69, 9.17) is 31.5 Å². The number of halogens is 1. The maximum atomic E-state index is 12.7. The van der Waals surface area contributed by atoms with Crippen molar-refractivity contribution in [1.29, 1.82) is 0 Å². The summed E-state index contributed by atoms with van der Waals surface area (Å²) in [6.07, 6.45) is 8.36. The topological polar surface area (TPSA) is 106 Å². The summed E-state index contributed by atoms with van der Waals surface area (Å²) in [6.45, 7) is 6.74. The number of hydrogen-bond acceptors (Lipinski definition) is 8. The van der Waals surface area contributed by atoms with Crippen LogP contribution >= 0.6 is 11.6 Å². The lowest BCUT2D eigenvalue weighted by molar-refractivity contribution is -0.150. The van der Waals surface area contributed by atoms with Crippen LogP contribution in [0.2, 0.25) is 5.02 Å². The molecule has 10 heteroatoms. The molecule has 2 bridgehead atoms. The highest BCUT2D eigenvalue weighted by Crippen LogP contribution is 2.29. The molecule has 0 saturated carbocycles. The van der Waals surface area contributed by atoms with Crippen molar-refractivity contribution in [3.63, 3.8) is 0 Å². The van der Waals surface area contributed by atoms with Crippen molar-refractivity contribution in [1.82, 2.24) is 15.1 Å². The first kappa shape index (κ1) is 28.9. The zero-order chi connectivity index (χ0) is 26.9. The number of esters is 1. The Bertz CT molecular complexity index is 948. The smallest absolute Gasteiger partial charge is 0.306 e. The van der Waals surface area contributed by atoms with Crippen molar-refractivity contribution in [2.75, 3.05) is 65.3 Å². The maximum Gasteiger partial charge on any atom is 0.306 e. The number of rotatable bonds is 11. The number of morpholine rings is 1. The molecule has 4 rings (SSSR count). The molecule has 1 aromatic carbocycles. The maximum absolute atomic E-state index is 12.7. The van der Waals surface area contributed by atoms with Gasteiger partial charge in [-0.25, -0.2) is 0 Å². The minimum Gasteiger partial charge on any atom is -0.496 e. The standard InChI is InChI=1S/C28H43ClN4O5/c1-36-25-15-24(30)23(29)14-22(25)28(35)31-16-21-18-32(12-13-37-21)10-6-3-5-9-27(34)38-26-19-33-11-7-2-4-8-20(26)17-33/h14-15,20-21,26H,2-13,16-19,30H2,1H3,(H,31,35)/t20?,21?,26-/m0/s1. The predicted molar refractivity (Wildman–Crippen MR) is 148 cm³/mol. The van der Waals surface area contributed by atoms with E-state index in [9.17, 15) is 9.59 Å². The summed E-state index contributed by atoms with van der Waals surface area (Å²) in [5.74, 6) is 0.585. The van der Waals surface area contributed by atoms with Crippen LogP contribution < -0.4 is 15.8 Å². The van der Waals surface area contributed by atoms with Crippen molar-refractivity contribution < 1.29 is 23.8 Å². The number of fused-ring (bicyclic) bond motifs is 2. The summed E-state index contributed by atoms with van der Waals surface area (Å²) in [4.78, 5) is 30.0. The number of nitrogens with one attached hydrogen (secondary N) is 1. The summed E-state index contributed by atoms with van der Waals surface area (Å²) in [7, 11) is 1.49. The summed E-state index contributed by atoms with van der Waals surface area (Å²) in [5, 5.41) is 3.24. The third-order valence-electron chi connectivity index (χ3n) is 7.92. The normalized spacial score (nSPS) is 25.8. The molecule has 3 N–H and O–H groups in total. The van der Waals surface area contributed by atoms with Gasteiger partial charge in [-0.15, -0.1) is 0 Å². The number of anilines is 1. The zero-order valence-corrected chi connectivity index (χ0v) is 23.3. The lowest BCUT2D eigenvalue weighted by atomic mass is 9.97. The van der Waals surface area contributed by atoms with E-state index >= 15 is 0 Å². The molecule has 4 atom stereocenters. The van der Waals surface area contributed by atoms with E-state index in [1.54, 1.807) is 6.07 Å². The molecule has 3 unspecified atom stereocenters. The highest BCUT2D eigenvalue weighted by molar-refractivity contribution is 6.33. The van der Waals surface area contributed by atoms with E-state index in [0.717, 1.165) is 58.5 Å². The first-order chi connectivity index (χ1) is 18.4. The molecule has 1 aromatic rings. The van der Waals surface area contributed by atoms with Crippen LogP contribution in [0.5, 0.6) is 5.75 Å². The first-order valence-electron chi connectivity index (χ1n) is 14.1. The van der Waals surface area contributed by atoms with Gasteiger partial charge in [-0.1, -0.05) is 30.9 Å². The van der Waals surface area contributed by atoms with E-state index in [1.165, 1.54) is 38.9 Å². The lowest BCUT2D eigenvalue weighted by Crippen LogP contribution is -2.47. The van der Waals surface area contributed by atoms with Crippen LogP contribution in [-0.4, -0.2) is 93.4 Å². The Labute approximate surface area is 231 Å². The fourth-order valence-corrected chi connectivity index (χ4v) is 5.94. The zero-order valence-electron chi connectivity index (χ0n) is 22.6. The van der Waals surface area contributed by atoms with Gasteiger partial charge in [-0.2, -0.15) is 0 Å². The Kier molecular flexibility index (Phi) is 10.9. The molecule has 3 aliphatic rings. The third kappa shape index (κ3) is 8.21. The van der Waals surface area contributed by atoms with Gasteiger partial charge in [-0.05, 0) is 44.8 Å². The average Bonchev–Trinajstić information content (AvgIpc) is 3.31. The van der Waals surface area contributed by atoms with Gasteiger partial charge in [0.25, 0.3) is 5.91 Å². The van der Waals surface area contributed by atoms with E-state index in [0.29, 0.717) is 47.5 Å². The Hall–Kier alpha value is -2.07. The summed E-state index contributed by atoms with van der Waals surface area (Å²) < 4.78 is 17.0. The van der Waals surface area contributed by atoms with Crippen LogP contribution in [-0.2, 0) is 14.3 Å². The van der Waals surface area contributed by atoms with Crippen LogP contribution in [0.15, 0.2) is 12.1 Å². The number of amides is 1. The molecule has 0 aliphatic carbocycles. The van der Waals surface area contributed by atoms with Crippen LogP contribution in [0, 0.1) is 5.92 Å². The van der Waals surface area contributed by atoms with Gasteiger partial charge < -0.3 is 25.3 Å². The van der Waals surface area contributed by atoms with Crippen molar-refractivity contribution in [3.05, 3.63) is 22.7 Å². The molecule has 3 fully saturated rings. The van der Waals surface area contributed by atoms with Crippen molar-refractivity contribution in [2.24, 2.45) is 5.92 Å². The molecule has 38 heavy (non-hydrogen) atoms. The fraction of sp³-hybridized carbons (Fsp3) is 0.714. The van der Waals surface area contributed by atoms with E-state index < -0.39 is 0 Å². The molecule has 3 saturated heterocycles. The monoisotopic (exact) mass is 550 g/mol. The number of hydrogen-bond donors (Lipinski definition) is 2. The van der Waals surface area contributed by atoms with Gasteiger partial charge in [0.05, 0.1) is 36.1 Å². The molecule has 3 heterocycles. The lowest BCUT2D eigenvalue weighted by Gasteiger charge is -2.33. The first-order valence-corrected chi connectivity index (χ1v) is 14.5. The van der Waals surface area contributed by atoms with Crippen LogP contribution in [0.3, 0.4) is 0 Å². The molecule has 3 aliphatic heterocycles. The van der Waals surface area contributed by atoms with Gasteiger partial charge in [0, 0.05) is 51.1 Å². The largest absolute Gasteiger partial charge is 0.496 e. The minimum absolute atomic E-state index is 0.0395. The number of carbonyl (C=O) groups is 2. The number of nitrogens with zero attached hydrogens (tertiary/aromatic N) is 2. The Morgan fingerprint density at radius 2 is 2.00 bits per heavy atom. The predicted octanol–water partition coefficient (Wildman–Crippen LogP) is 3.34. The van der Waals surface area contributed by atoms with Gasteiger partial charge in [-0.3, -0.25) is 19.4 Å². The Balaban J connectivity index is 1.10. The molecule has 0 spiro atoms. The second-order valence-electron chi connectivity index (χ2n) is 10.8. The van der Waals surface area contributed by atoms with Crippen molar-refractivity contribution in [2.45, 2.75) is 63.6 Å². The number of ether oxygens (including phenoxy) is 3. The average molecular weight is 551 g/mol. The fourth-order valence-electron chi connectivity index (χ4n) is 5.77. The second kappa shape index (κ2) is 14.4. The van der Waals surface area contributed by atoms with Crippen LogP contribution in [0.4, 0.5) is 5.69 Å². The quantitative estimate of drug-likeness (QED) is 0.245. The second-order valence-corrected chi connectivity index (χ2v) is 11.2. The molecule has 0 aromatic heterocycles. The highest BCUT2D eigenvalue weighted by Gasteiger charge is 2.35. The number of benzene rings is 1. The molecule has 212 valence electrons. The van der Waals surface area contributed by atoms with Crippen LogP contribution in [0.1, 0.15) is 61.7 Å². The number of nitrogens with two attached hydrogens (primary N) is 1. The molecular weight excluding hydrogens is 508 g/mol. The third-order valence-corrected chi connectivity index (χ3v) is 8.25. The summed E-state index contributed by atoms with van der Waals surface area (Å²) >= 11 is 6.09. The SMILES string of the molecule is COc1cc(N)c(Cl)cc1C(=O)NCC1CN(CCCCCC(=O)O[C@H]2CN3CCCCCC2C3)CCO1. The molecule has 1 amide bonds. The summed E-state index contributed by atoms with van der Waals surface area (Å²) in [5.41, 5.74) is 6.52. The molecular formula is C28H43ClN4O5. The van der Waals surface area contributed by atoms with Gasteiger partial charge in [0.2, 0.25) is 0 Å². The van der Waals surface area contributed by atoms with Gasteiger partial charge in [0.15, 0.2) is 0 Å².